The van der Waals surface area contributed by atoms with E-state index in [4.69, 9.17) is 9.47 Å². The number of hydrogen-bond donors (Lipinski definition) is 0. The minimum Gasteiger partial charge on any atom is -0.489 e. The summed E-state index contributed by atoms with van der Waals surface area (Å²) in [6.07, 6.45) is 6.47. The maximum Gasteiger partial charge on any atom is 0.120 e. The summed E-state index contributed by atoms with van der Waals surface area (Å²) in [7, 11) is 0. The van der Waals surface area contributed by atoms with Crippen LogP contribution >= 0.6 is 0 Å². The molecule has 0 amide bonds. The van der Waals surface area contributed by atoms with Crippen molar-refractivity contribution in [2.75, 3.05) is 26.3 Å². The van der Waals surface area contributed by atoms with Gasteiger partial charge in [0.25, 0.3) is 0 Å². The smallest absolute Gasteiger partial charge is 0.120 e. The zero-order valence-electron chi connectivity index (χ0n) is 18.8. The molecule has 0 radical (unpaired) electrons. The van der Waals surface area contributed by atoms with Gasteiger partial charge in [0.1, 0.15) is 12.4 Å². The molecule has 33 heavy (non-hydrogen) atoms. The van der Waals surface area contributed by atoms with Crippen LogP contribution in [0, 0.1) is 5.92 Å². The van der Waals surface area contributed by atoms with Crippen molar-refractivity contribution in [1.82, 2.24) is 14.9 Å². The second-order valence-corrected chi connectivity index (χ2v) is 8.71. The fourth-order valence-electron chi connectivity index (χ4n) is 4.45. The van der Waals surface area contributed by atoms with Crippen molar-refractivity contribution >= 4 is 10.9 Å². The normalized spacial score (nSPS) is 17.0. The molecule has 3 heterocycles. The number of aromatic nitrogens is 2. The SMILES string of the molecule is c1cncc(COc2cccc(CN3CCOC[C@@H](Cc4ccc5ncccc5c4)C3)c2)c1. The number of benzene rings is 2. The maximum atomic E-state index is 5.99. The van der Waals surface area contributed by atoms with E-state index in [0.29, 0.717) is 12.5 Å². The van der Waals surface area contributed by atoms with Crippen LogP contribution in [0.2, 0.25) is 0 Å². The van der Waals surface area contributed by atoms with Gasteiger partial charge in [-0.3, -0.25) is 14.9 Å². The highest BCUT2D eigenvalue weighted by Crippen LogP contribution is 2.21. The number of nitrogens with zero attached hydrogens (tertiary/aromatic N) is 3. The average Bonchev–Trinajstić information content (AvgIpc) is 3.08. The van der Waals surface area contributed by atoms with Gasteiger partial charge in [-0.05, 0) is 59.9 Å². The van der Waals surface area contributed by atoms with E-state index in [1.165, 1.54) is 16.5 Å². The van der Waals surface area contributed by atoms with Gasteiger partial charge in [-0.15, -0.1) is 0 Å². The molecule has 0 unspecified atom stereocenters. The second kappa shape index (κ2) is 10.6. The third kappa shape index (κ3) is 5.95. The number of fused-ring (bicyclic) bond motifs is 1. The number of hydrogen-bond acceptors (Lipinski definition) is 5. The summed E-state index contributed by atoms with van der Waals surface area (Å²) >= 11 is 0. The summed E-state index contributed by atoms with van der Waals surface area (Å²) in [6.45, 7) is 4.96. The van der Waals surface area contributed by atoms with E-state index in [2.05, 4.69) is 57.3 Å². The van der Waals surface area contributed by atoms with E-state index in [0.717, 1.165) is 56.1 Å². The Kier molecular flexibility index (Phi) is 6.90. The first-order valence-corrected chi connectivity index (χ1v) is 11.6. The summed E-state index contributed by atoms with van der Waals surface area (Å²) in [4.78, 5) is 11.1. The molecule has 1 aliphatic heterocycles. The molecule has 0 N–H and O–H groups in total. The lowest BCUT2D eigenvalue weighted by molar-refractivity contribution is 0.121. The number of rotatable bonds is 7. The summed E-state index contributed by atoms with van der Waals surface area (Å²) in [5.41, 5.74) is 4.72. The topological polar surface area (TPSA) is 47.5 Å². The molecule has 5 rings (SSSR count). The van der Waals surface area contributed by atoms with Crippen LogP contribution in [0.25, 0.3) is 10.9 Å². The fraction of sp³-hybridized carbons (Fsp3) is 0.286. The Labute approximate surface area is 195 Å². The molecule has 1 atom stereocenters. The Hall–Kier alpha value is -3.28. The van der Waals surface area contributed by atoms with Crippen molar-refractivity contribution in [3.05, 3.63) is 102 Å². The van der Waals surface area contributed by atoms with Crippen LogP contribution in [0.3, 0.4) is 0 Å². The van der Waals surface area contributed by atoms with E-state index < -0.39 is 0 Å². The minimum atomic E-state index is 0.464. The third-order valence-corrected chi connectivity index (χ3v) is 6.05. The molecule has 0 bridgehead atoms. The van der Waals surface area contributed by atoms with Crippen LogP contribution in [-0.2, 0) is 24.3 Å². The Bertz CT molecular complexity index is 1180. The van der Waals surface area contributed by atoms with Crippen LogP contribution in [0.15, 0.2) is 85.3 Å². The molecule has 2 aromatic heterocycles. The average molecular weight is 440 g/mol. The molecular formula is C28H29N3O2. The zero-order chi connectivity index (χ0) is 22.3. The van der Waals surface area contributed by atoms with E-state index >= 15 is 0 Å². The van der Waals surface area contributed by atoms with Crippen LogP contribution in [0.1, 0.15) is 16.7 Å². The molecule has 4 aromatic rings. The maximum absolute atomic E-state index is 5.99. The summed E-state index contributed by atoms with van der Waals surface area (Å²) in [6, 6.07) is 23.1. The molecule has 2 aromatic carbocycles. The summed E-state index contributed by atoms with van der Waals surface area (Å²) in [5.74, 6) is 1.36. The van der Waals surface area contributed by atoms with E-state index in [1.54, 1.807) is 6.20 Å². The Morgan fingerprint density at radius 1 is 0.939 bits per heavy atom. The second-order valence-electron chi connectivity index (χ2n) is 8.71. The highest BCUT2D eigenvalue weighted by molar-refractivity contribution is 5.78. The lowest BCUT2D eigenvalue weighted by atomic mass is 9.98. The van der Waals surface area contributed by atoms with Gasteiger partial charge in [-0.1, -0.05) is 30.3 Å². The summed E-state index contributed by atoms with van der Waals surface area (Å²) in [5, 5.41) is 1.20. The van der Waals surface area contributed by atoms with Crippen LogP contribution < -0.4 is 4.74 Å². The van der Waals surface area contributed by atoms with Gasteiger partial charge >= 0.3 is 0 Å². The molecule has 1 saturated heterocycles. The van der Waals surface area contributed by atoms with E-state index in [1.807, 2.05) is 36.7 Å². The minimum absolute atomic E-state index is 0.464. The molecule has 0 spiro atoms. The standard InChI is InChI=1S/C28H29N3O2/c1-4-23(16-27(7-1)33-21-24-5-2-10-29-17-24)18-31-12-13-32-20-25(19-31)14-22-8-9-28-26(15-22)6-3-11-30-28/h1-11,15-17,25H,12-14,18-21H2/t25-/m0/s1. The molecular weight excluding hydrogens is 410 g/mol. The van der Waals surface area contributed by atoms with Crippen molar-refractivity contribution in [3.63, 3.8) is 0 Å². The molecule has 0 aliphatic carbocycles. The lowest BCUT2D eigenvalue weighted by Gasteiger charge is -2.24. The van der Waals surface area contributed by atoms with Crippen molar-refractivity contribution < 1.29 is 9.47 Å². The number of pyridine rings is 2. The van der Waals surface area contributed by atoms with Crippen molar-refractivity contribution in [3.8, 4) is 5.75 Å². The van der Waals surface area contributed by atoms with Crippen LogP contribution in [-0.4, -0.2) is 41.2 Å². The van der Waals surface area contributed by atoms with Crippen LogP contribution in [0.4, 0.5) is 0 Å². The van der Waals surface area contributed by atoms with Gasteiger partial charge in [-0.25, -0.2) is 0 Å². The van der Waals surface area contributed by atoms with Gasteiger partial charge in [0.15, 0.2) is 0 Å². The van der Waals surface area contributed by atoms with Crippen molar-refractivity contribution in [2.45, 2.75) is 19.6 Å². The van der Waals surface area contributed by atoms with E-state index in [9.17, 15) is 0 Å². The van der Waals surface area contributed by atoms with Crippen molar-refractivity contribution in [1.29, 1.82) is 0 Å². The molecule has 168 valence electrons. The first-order valence-electron chi connectivity index (χ1n) is 11.6. The summed E-state index contributed by atoms with van der Waals surface area (Å²) < 4.78 is 12.0. The van der Waals surface area contributed by atoms with Crippen LogP contribution in [0.5, 0.6) is 5.75 Å². The van der Waals surface area contributed by atoms with Gasteiger partial charge in [0.05, 0.1) is 18.7 Å². The number of ether oxygens (including phenoxy) is 2. The highest BCUT2D eigenvalue weighted by Gasteiger charge is 2.19. The molecule has 1 fully saturated rings. The predicted octanol–water partition coefficient (Wildman–Crippen LogP) is 4.90. The highest BCUT2D eigenvalue weighted by atomic mass is 16.5. The van der Waals surface area contributed by atoms with Gasteiger partial charge in [-0.2, -0.15) is 0 Å². The van der Waals surface area contributed by atoms with Gasteiger partial charge in [0.2, 0.25) is 0 Å². The monoisotopic (exact) mass is 439 g/mol. The lowest BCUT2D eigenvalue weighted by Crippen LogP contribution is -2.30. The quantitative estimate of drug-likeness (QED) is 0.410. The largest absolute Gasteiger partial charge is 0.489 e. The fourth-order valence-corrected chi connectivity index (χ4v) is 4.45. The third-order valence-electron chi connectivity index (χ3n) is 6.05. The van der Waals surface area contributed by atoms with E-state index in [-0.39, 0.29) is 0 Å². The first kappa shape index (κ1) is 21.6. The molecule has 0 saturated carbocycles. The Balaban J connectivity index is 1.21. The predicted molar refractivity (Wildman–Crippen MR) is 130 cm³/mol. The van der Waals surface area contributed by atoms with Gasteiger partial charge in [0, 0.05) is 49.2 Å². The molecule has 5 heteroatoms. The Morgan fingerprint density at radius 3 is 2.82 bits per heavy atom. The first-order chi connectivity index (χ1) is 16.3. The Morgan fingerprint density at radius 2 is 1.88 bits per heavy atom. The van der Waals surface area contributed by atoms with Gasteiger partial charge < -0.3 is 9.47 Å². The zero-order valence-corrected chi connectivity index (χ0v) is 18.8. The molecule has 1 aliphatic rings. The molecule has 5 nitrogen and oxygen atoms in total. The van der Waals surface area contributed by atoms with Crippen molar-refractivity contribution in [2.24, 2.45) is 5.92 Å².